The van der Waals surface area contributed by atoms with Crippen LogP contribution in [-0.4, -0.2) is 13.2 Å². The minimum Gasteiger partial charge on any atom is -0.381 e. The van der Waals surface area contributed by atoms with Crippen molar-refractivity contribution >= 4 is 0 Å². The van der Waals surface area contributed by atoms with E-state index in [1.165, 1.54) is 12.0 Å². The molecule has 84 valence electrons. The predicted molar refractivity (Wildman–Crippen MR) is 63.7 cm³/mol. The summed E-state index contributed by atoms with van der Waals surface area (Å²) in [6, 6.07) is 10.3. The third-order valence-electron chi connectivity index (χ3n) is 2.44. The molecule has 1 rings (SSSR count). The molecule has 0 aromatic heterocycles. The van der Waals surface area contributed by atoms with Gasteiger partial charge in [-0.05, 0) is 18.4 Å². The predicted octanol–water partition coefficient (Wildman–Crippen LogP) is 2.89. The van der Waals surface area contributed by atoms with E-state index in [1.807, 2.05) is 18.2 Å². The highest BCUT2D eigenvalue weighted by Crippen LogP contribution is 2.12. The molecule has 1 unspecified atom stereocenters. The minimum atomic E-state index is 0.104. The molecule has 15 heavy (non-hydrogen) atoms. The standard InChI is InChI=1S/C13H21NO/c1-2-3-10-15-11-9-13(14)12-7-5-4-6-8-12/h4-8,13H,2-3,9-11,14H2,1H3. The van der Waals surface area contributed by atoms with Crippen LogP contribution in [0.1, 0.15) is 37.8 Å². The second-order valence-electron chi connectivity index (χ2n) is 3.77. The summed E-state index contributed by atoms with van der Waals surface area (Å²) in [7, 11) is 0. The van der Waals surface area contributed by atoms with E-state index in [-0.39, 0.29) is 6.04 Å². The molecule has 0 saturated carbocycles. The molecule has 2 heteroatoms. The fourth-order valence-corrected chi connectivity index (χ4v) is 1.43. The van der Waals surface area contributed by atoms with Crippen LogP contribution < -0.4 is 5.73 Å². The maximum Gasteiger partial charge on any atom is 0.0484 e. The van der Waals surface area contributed by atoms with E-state index >= 15 is 0 Å². The maximum atomic E-state index is 6.03. The summed E-state index contributed by atoms with van der Waals surface area (Å²) in [6.45, 7) is 3.78. The third-order valence-corrected chi connectivity index (χ3v) is 2.44. The van der Waals surface area contributed by atoms with Gasteiger partial charge in [0, 0.05) is 19.3 Å². The minimum absolute atomic E-state index is 0.104. The first-order chi connectivity index (χ1) is 7.34. The second-order valence-corrected chi connectivity index (χ2v) is 3.77. The second kappa shape index (κ2) is 7.43. The van der Waals surface area contributed by atoms with Crippen molar-refractivity contribution in [2.45, 2.75) is 32.2 Å². The Balaban J connectivity index is 2.16. The van der Waals surface area contributed by atoms with Gasteiger partial charge in [-0.2, -0.15) is 0 Å². The molecule has 0 saturated heterocycles. The van der Waals surface area contributed by atoms with Crippen molar-refractivity contribution in [1.29, 1.82) is 0 Å². The van der Waals surface area contributed by atoms with Crippen LogP contribution in [0, 0.1) is 0 Å². The van der Waals surface area contributed by atoms with Crippen LogP contribution in [0.4, 0.5) is 0 Å². The number of benzene rings is 1. The molecule has 0 heterocycles. The summed E-state index contributed by atoms with van der Waals surface area (Å²) in [4.78, 5) is 0. The molecule has 0 aliphatic rings. The average molecular weight is 207 g/mol. The Kier molecular flexibility index (Phi) is 6.05. The van der Waals surface area contributed by atoms with Gasteiger partial charge in [0.15, 0.2) is 0 Å². The summed E-state index contributed by atoms with van der Waals surface area (Å²) in [5.74, 6) is 0. The Labute approximate surface area is 92.4 Å². The van der Waals surface area contributed by atoms with Crippen molar-refractivity contribution in [3.63, 3.8) is 0 Å². The van der Waals surface area contributed by atoms with Gasteiger partial charge < -0.3 is 10.5 Å². The molecule has 2 N–H and O–H groups in total. The Hall–Kier alpha value is -0.860. The molecular weight excluding hydrogens is 186 g/mol. The largest absolute Gasteiger partial charge is 0.381 e. The van der Waals surface area contributed by atoms with Crippen LogP contribution >= 0.6 is 0 Å². The van der Waals surface area contributed by atoms with Gasteiger partial charge in [0.1, 0.15) is 0 Å². The van der Waals surface area contributed by atoms with E-state index in [9.17, 15) is 0 Å². The van der Waals surface area contributed by atoms with Gasteiger partial charge in [0.05, 0.1) is 0 Å². The summed E-state index contributed by atoms with van der Waals surface area (Å²) < 4.78 is 5.49. The lowest BCUT2D eigenvalue weighted by molar-refractivity contribution is 0.124. The number of nitrogens with two attached hydrogens (primary N) is 1. The van der Waals surface area contributed by atoms with Gasteiger partial charge in [-0.25, -0.2) is 0 Å². The van der Waals surface area contributed by atoms with E-state index in [4.69, 9.17) is 10.5 Å². The lowest BCUT2D eigenvalue weighted by Crippen LogP contribution is -2.13. The van der Waals surface area contributed by atoms with Crippen molar-refractivity contribution in [3.8, 4) is 0 Å². The number of unbranched alkanes of at least 4 members (excludes halogenated alkanes) is 1. The SMILES string of the molecule is CCCCOCCC(N)c1ccccc1. The average Bonchev–Trinajstić information content (AvgIpc) is 2.30. The first-order valence-electron chi connectivity index (χ1n) is 5.73. The number of hydrogen-bond donors (Lipinski definition) is 1. The lowest BCUT2D eigenvalue weighted by atomic mass is 10.1. The Morgan fingerprint density at radius 1 is 1.20 bits per heavy atom. The third kappa shape index (κ3) is 4.96. The van der Waals surface area contributed by atoms with Crippen LogP contribution in [0.3, 0.4) is 0 Å². The van der Waals surface area contributed by atoms with Crippen molar-refractivity contribution < 1.29 is 4.74 Å². The molecule has 0 bridgehead atoms. The smallest absolute Gasteiger partial charge is 0.0484 e. The van der Waals surface area contributed by atoms with Gasteiger partial charge in [0.25, 0.3) is 0 Å². The van der Waals surface area contributed by atoms with Gasteiger partial charge in [-0.1, -0.05) is 43.7 Å². The van der Waals surface area contributed by atoms with Crippen LogP contribution in [0.2, 0.25) is 0 Å². The van der Waals surface area contributed by atoms with E-state index in [2.05, 4.69) is 19.1 Å². The van der Waals surface area contributed by atoms with E-state index in [0.29, 0.717) is 0 Å². The first kappa shape index (κ1) is 12.2. The lowest BCUT2D eigenvalue weighted by Gasteiger charge is -2.11. The van der Waals surface area contributed by atoms with Gasteiger partial charge in [-0.15, -0.1) is 0 Å². The highest BCUT2D eigenvalue weighted by molar-refractivity contribution is 5.18. The van der Waals surface area contributed by atoms with Gasteiger partial charge in [0.2, 0.25) is 0 Å². The molecule has 1 atom stereocenters. The normalized spacial score (nSPS) is 12.7. The molecule has 0 radical (unpaired) electrons. The van der Waals surface area contributed by atoms with E-state index in [0.717, 1.165) is 26.1 Å². The highest BCUT2D eigenvalue weighted by Gasteiger charge is 2.04. The zero-order valence-corrected chi connectivity index (χ0v) is 9.49. The fourth-order valence-electron chi connectivity index (χ4n) is 1.43. The van der Waals surface area contributed by atoms with E-state index in [1.54, 1.807) is 0 Å². The van der Waals surface area contributed by atoms with Crippen molar-refractivity contribution in [1.82, 2.24) is 0 Å². The maximum absolute atomic E-state index is 6.03. The fraction of sp³-hybridized carbons (Fsp3) is 0.538. The Morgan fingerprint density at radius 2 is 1.93 bits per heavy atom. The topological polar surface area (TPSA) is 35.2 Å². The molecule has 1 aromatic rings. The molecule has 2 nitrogen and oxygen atoms in total. The zero-order chi connectivity index (χ0) is 10.9. The van der Waals surface area contributed by atoms with Crippen LogP contribution in [-0.2, 0) is 4.74 Å². The summed E-state index contributed by atoms with van der Waals surface area (Å²) >= 11 is 0. The number of rotatable bonds is 7. The van der Waals surface area contributed by atoms with Crippen molar-refractivity contribution in [2.75, 3.05) is 13.2 Å². The zero-order valence-electron chi connectivity index (χ0n) is 9.49. The van der Waals surface area contributed by atoms with Gasteiger partial charge >= 0.3 is 0 Å². The quantitative estimate of drug-likeness (QED) is 0.698. The summed E-state index contributed by atoms with van der Waals surface area (Å²) in [5.41, 5.74) is 7.22. The molecule has 0 spiro atoms. The molecular formula is C13H21NO. The van der Waals surface area contributed by atoms with E-state index < -0.39 is 0 Å². The number of hydrogen-bond acceptors (Lipinski definition) is 2. The molecule has 0 fully saturated rings. The summed E-state index contributed by atoms with van der Waals surface area (Å²) in [6.07, 6.45) is 3.22. The molecule has 1 aromatic carbocycles. The monoisotopic (exact) mass is 207 g/mol. The van der Waals surface area contributed by atoms with Gasteiger partial charge in [-0.3, -0.25) is 0 Å². The molecule has 0 amide bonds. The Bertz CT molecular complexity index is 248. The van der Waals surface area contributed by atoms with Crippen LogP contribution in [0.25, 0.3) is 0 Å². The molecule has 0 aliphatic heterocycles. The van der Waals surface area contributed by atoms with Crippen LogP contribution in [0.5, 0.6) is 0 Å². The van der Waals surface area contributed by atoms with Crippen molar-refractivity contribution in [3.05, 3.63) is 35.9 Å². The number of ether oxygens (including phenoxy) is 1. The highest BCUT2D eigenvalue weighted by atomic mass is 16.5. The van der Waals surface area contributed by atoms with Crippen LogP contribution in [0.15, 0.2) is 30.3 Å². The van der Waals surface area contributed by atoms with Crippen molar-refractivity contribution in [2.24, 2.45) is 5.73 Å². The first-order valence-corrected chi connectivity index (χ1v) is 5.73. The summed E-state index contributed by atoms with van der Waals surface area (Å²) in [5, 5.41) is 0. The Morgan fingerprint density at radius 3 is 2.60 bits per heavy atom. The molecule has 0 aliphatic carbocycles.